The van der Waals surface area contributed by atoms with E-state index in [1.54, 1.807) is 27.7 Å². The van der Waals surface area contributed by atoms with Crippen molar-refractivity contribution in [2.24, 2.45) is 5.92 Å². The number of hydrogen-bond donors (Lipinski definition) is 3. The Morgan fingerprint density at radius 1 is 1.10 bits per heavy atom. The van der Waals surface area contributed by atoms with Gasteiger partial charge in [0.05, 0.1) is 5.92 Å². The third kappa shape index (κ3) is 10.3. The number of carboxylic acid groups (broad SMARTS) is 2. The predicted molar refractivity (Wildman–Crippen MR) is 82.5 cm³/mol. The summed E-state index contributed by atoms with van der Waals surface area (Å²) in [6.45, 7) is 6.62. The van der Waals surface area contributed by atoms with Gasteiger partial charge in [-0.15, -0.1) is 0 Å². The van der Waals surface area contributed by atoms with Gasteiger partial charge in [-0.05, 0) is 20.8 Å². The third-order valence-corrected chi connectivity index (χ3v) is 4.64. The molecule has 0 heterocycles. The second-order valence-electron chi connectivity index (χ2n) is 5.35. The molecule has 0 aliphatic rings. The van der Waals surface area contributed by atoms with Crippen LogP contribution in [0.25, 0.3) is 0 Å². The summed E-state index contributed by atoms with van der Waals surface area (Å²) < 4.78 is 4.99. The molecule has 0 aromatic rings. The Morgan fingerprint density at radius 2 is 1.62 bits per heavy atom. The summed E-state index contributed by atoms with van der Waals surface area (Å²) in [6, 6.07) is -1.09. The minimum Gasteiger partial charge on any atom is -0.481 e. The Balaban J connectivity index is 4.18. The summed E-state index contributed by atoms with van der Waals surface area (Å²) in [5, 5.41) is 20.0. The van der Waals surface area contributed by atoms with Crippen LogP contribution in [0.1, 0.15) is 27.7 Å². The molecule has 0 bridgehead atoms. The van der Waals surface area contributed by atoms with Crippen molar-refractivity contribution in [2.75, 3.05) is 11.5 Å². The smallest absolute Gasteiger partial charge is 0.408 e. The van der Waals surface area contributed by atoms with Gasteiger partial charge in [0.25, 0.3) is 0 Å². The second kappa shape index (κ2) is 9.04. The highest BCUT2D eigenvalue weighted by Crippen LogP contribution is 2.24. The molecule has 122 valence electrons. The van der Waals surface area contributed by atoms with E-state index < -0.39 is 35.6 Å². The van der Waals surface area contributed by atoms with Crippen LogP contribution in [-0.4, -0.2) is 51.4 Å². The van der Waals surface area contributed by atoms with E-state index in [9.17, 15) is 14.4 Å². The topological polar surface area (TPSA) is 113 Å². The Morgan fingerprint density at radius 3 is 2.05 bits per heavy atom. The zero-order valence-corrected chi connectivity index (χ0v) is 14.0. The predicted octanol–water partition coefficient (Wildman–Crippen LogP) is 2.07. The number of rotatable bonds is 8. The molecule has 21 heavy (non-hydrogen) atoms. The molecule has 2 atom stereocenters. The van der Waals surface area contributed by atoms with E-state index in [1.165, 1.54) is 21.6 Å². The van der Waals surface area contributed by atoms with Crippen molar-refractivity contribution in [3.63, 3.8) is 0 Å². The molecule has 0 aromatic carbocycles. The fourth-order valence-corrected chi connectivity index (χ4v) is 3.46. The molecular weight excluding hydrogens is 318 g/mol. The quantitative estimate of drug-likeness (QED) is 0.455. The van der Waals surface area contributed by atoms with Crippen molar-refractivity contribution in [2.45, 2.75) is 39.3 Å². The zero-order chi connectivity index (χ0) is 16.6. The van der Waals surface area contributed by atoms with Crippen LogP contribution in [0.2, 0.25) is 0 Å². The van der Waals surface area contributed by atoms with Gasteiger partial charge >= 0.3 is 18.0 Å². The van der Waals surface area contributed by atoms with Crippen LogP contribution in [0.5, 0.6) is 0 Å². The second-order valence-corrected chi connectivity index (χ2v) is 7.90. The van der Waals surface area contributed by atoms with Crippen molar-refractivity contribution in [3.8, 4) is 0 Å². The first-order valence-electron chi connectivity index (χ1n) is 6.22. The van der Waals surface area contributed by atoms with Crippen LogP contribution in [-0.2, 0) is 14.3 Å². The molecule has 0 aliphatic heterocycles. The normalized spacial score (nSPS) is 14.1. The highest BCUT2D eigenvalue weighted by Gasteiger charge is 2.24. The minimum absolute atomic E-state index is 0.117. The van der Waals surface area contributed by atoms with Crippen LogP contribution in [0, 0.1) is 5.92 Å². The number of aliphatic carboxylic acids is 2. The monoisotopic (exact) mass is 339 g/mol. The maximum atomic E-state index is 11.5. The molecule has 0 aromatic heterocycles. The molecule has 1 amide bonds. The van der Waals surface area contributed by atoms with E-state index in [-0.39, 0.29) is 5.75 Å². The highest BCUT2D eigenvalue weighted by atomic mass is 33.1. The number of carbonyl (C=O) groups is 3. The summed E-state index contributed by atoms with van der Waals surface area (Å²) in [4.78, 5) is 33.2. The summed E-state index contributed by atoms with van der Waals surface area (Å²) in [5.41, 5.74) is -0.702. The molecule has 0 spiro atoms. The number of ether oxygens (including phenoxy) is 1. The van der Waals surface area contributed by atoms with Gasteiger partial charge in [0, 0.05) is 11.5 Å². The average molecular weight is 339 g/mol. The van der Waals surface area contributed by atoms with Crippen LogP contribution >= 0.6 is 21.6 Å². The molecule has 0 fully saturated rings. The summed E-state index contributed by atoms with van der Waals surface area (Å²) >= 11 is 0. The Bertz CT molecular complexity index is 382. The van der Waals surface area contributed by atoms with Gasteiger partial charge in [-0.25, -0.2) is 9.59 Å². The molecular formula is C12H21NO6S2. The number of alkyl carbamates (subject to hydrolysis) is 1. The Kier molecular flexibility index (Phi) is 8.57. The number of nitrogens with one attached hydrogen (secondary N) is 1. The first-order chi connectivity index (χ1) is 9.53. The van der Waals surface area contributed by atoms with Gasteiger partial charge in [-0.1, -0.05) is 28.5 Å². The van der Waals surface area contributed by atoms with Crippen LogP contribution in [0.3, 0.4) is 0 Å². The Hall–Kier alpha value is -1.09. The fourth-order valence-electron chi connectivity index (χ4n) is 0.962. The summed E-state index contributed by atoms with van der Waals surface area (Å²) in [7, 11) is 2.45. The lowest BCUT2D eigenvalue weighted by Gasteiger charge is -2.21. The van der Waals surface area contributed by atoms with Crippen molar-refractivity contribution < 1.29 is 29.3 Å². The lowest BCUT2D eigenvalue weighted by atomic mass is 10.2. The van der Waals surface area contributed by atoms with E-state index >= 15 is 0 Å². The first kappa shape index (κ1) is 19.9. The van der Waals surface area contributed by atoms with E-state index in [0.29, 0.717) is 5.75 Å². The van der Waals surface area contributed by atoms with Gasteiger partial charge in [0.15, 0.2) is 0 Å². The molecule has 0 rings (SSSR count). The van der Waals surface area contributed by atoms with Gasteiger partial charge < -0.3 is 20.3 Å². The van der Waals surface area contributed by atoms with Crippen molar-refractivity contribution in [1.29, 1.82) is 0 Å². The van der Waals surface area contributed by atoms with Crippen LogP contribution in [0.4, 0.5) is 4.79 Å². The SMILES string of the molecule is C[C@@H](CSSC[C@H](NC(=O)OC(C)(C)C)C(=O)O)C(=O)O. The number of carboxylic acids is 2. The zero-order valence-electron chi connectivity index (χ0n) is 12.4. The van der Waals surface area contributed by atoms with Crippen molar-refractivity contribution >= 4 is 39.6 Å². The average Bonchev–Trinajstić information content (AvgIpc) is 2.29. The van der Waals surface area contributed by atoms with Gasteiger partial charge in [0.2, 0.25) is 0 Å². The van der Waals surface area contributed by atoms with Crippen molar-refractivity contribution in [3.05, 3.63) is 0 Å². The molecule has 3 N–H and O–H groups in total. The minimum atomic E-state index is -1.17. The van der Waals surface area contributed by atoms with E-state index in [2.05, 4.69) is 5.32 Å². The first-order valence-corrected chi connectivity index (χ1v) is 8.71. The van der Waals surface area contributed by atoms with Crippen LogP contribution < -0.4 is 5.32 Å². The van der Waals surface area contributed by atoms with Gasteiger partial charge in [0.1, 0.15) is 11.6 Å². The van der Waals surface area contributed by atoms with E-state index in [1.807, 2.05) is 0 Å². The molecule has 0 radical (unpaired) electrons. The molecule has 9 heteroatoms. The van der Waals surface area contributed by atoms with Crippen LogP contribution in [0.15, 0.2) is 0 Å². The van der Waals surface area contributed by atoms with E-state index in [4.69, 9.17) is 14.9 Å². The molecule has 0 saturated heterocycles. The number of hydrogen-bond acceptors (Lipinski definition) is 6. The number of amides is 1. The fraction of sp³-hybridized carbons (Fsp3) is 0.750. The van der Waals surface area contributed by atoms with Gasteiger partial charge in [-0.2, -0.15) is 0 Å². The lowest BCUT2D eigenvalue weighted by molar-refractivity contribution is -0.140. The highest BCUT2D eigenvalue weighted by molar-refractivity contribution is 8.76. The van der Waals surface area contributed by atoms with E-state index in [0.717, 1.165) is 0 Å². The summed E-state index contributed by atoms with van der Waals surface area (Å²) in [5.74, 6) is -2.10. The molecule has 7 nitrogen and oxygen atoms in total. The summed E-state index contributed by atoms with van der Waals surface area (Å²) in [6.07, 6.45) is -0.792. The number of carbonyl (C=O) groups excluding carboxylic acids is 1. The maximum Gasteiger partial charge on any atom is 0.408 e. The largest absolute Gasteiger partial charge is 0.481 e. The van der Waals surface area contributed by atoms with Gasteiger partial charge in [-0.3, -0.25) is 4.79 Å². The van der Waals surface area contributed by atoms with Crippen molar-refractivity contribution in [1.82, 2.24) is 5.32 Å². The molecule has 0 aliphatic carbocycles. The Labute approximate surface area is 131 Å². The third-order valence-electron chi connectivity index (χ3n) is 2.05. The standard InChI is InChI=1S/C12H21NO6S2/c1-7(9(14)15)5-20-21-6-8(10(16)17)13-11(18)19-12(2,3)4/h7-8H,5-6H2,1-4H3,(H,13,18)(H,14,15)(H,16,17)/t7-,8-/m0/s1. The maximum absolute atomic E-state index is 11.5. The lowest BCUT2D eigenvalue weighted by Crippen LogP contribution is -2.44. The molecule has 0 unspecified atom stereocenters. The molecule has 0 saturated carbocycles.